The first-order valence-electron chi connectivity index (χ1n) is 10.8. The van der Waals surface area contributed by atoms with Crippen LogP contribution in [-0.4, -0.2) is 41.1 Å². The van der Waals surface area contributed by atoms with Crippen molar-refractivity contribution in [2.45, 2.75) is 96.1 Å². The molecule has 28 heavy (non-hydrogen) atoms. The molecule has 4 unspecified atom stereocenters. The molecule has 0 amide bonds. The van der Waals surface area contributed by atoms with Crippen molar-refractivity contribution in [1.82, 2.24) is 4.90 Å². The van der Waals surface area contributed by atoms with E-state index in [0.717, 1.165) is 45.1 Å². The van der Waals surface area contributed by atoms with Crippen LogP contribution in [0, 0.1) is 0 Å². The standard InChI is InChI=1S/C23H33NO4/c1-3-8-22(25)27-20-14-12-19-21(28-23(26)9-4-2)15-13-18(20)24(19)16-17-10-6-5-7-11-17/h5-7,10-11,18-21H,3-4,8-9,12-16H2,1-2H3. The average Bonchev–Trinajstić information content (AvgIpc) is 2.67. The first kappa shape index (κ1) is 20.8. The minimum absolute atomic E-state index is 0.0636. The van der Waals surface area contributed by atoms with Gasteiger partial charge in [-0.15, -0.1) is 0 Å². The van der Waals surface area contributed by atoms with E-state index < -0.39 is 0 Å². The molecule has 5 heteroatoms. The lowest BCUT2D eigenvalue weighted by molar-refractivity contribution is -0.174. The van der Waals surface area contributed by atoms with Crippen molar-refractivity contribution in [1.29, 1.82) is 0 Å². The average molecular weight is 388 g/mol. The Hall–Kier alpha value is -1.88. The molecule has 2 heterocycles. The summed E-state index contributed by atoms with van der Waals surface area (Å²) in [5.74, 6) is -0.191. The normalized spacial score (nSPS) is 27.2. The molecule has 0 radical (unpaired) electrons. The number of carbonyl (C=O) groups is 2. The third kappa shape index (κ3) is 5.13. The first-order chi connectivity index (χ1) is 13.6. The zero-order chi connectivity index (χ0) is 19.9. The van der Waals surface area contributed by atoms with E-state index in [1.807, 2.05) is 32.0 Å². The van der Waals surface area contributed by atoms with Crippen molar-refractivity contribution in [2.75, 3.05) is 0 Å². The topological polar surface area (TPSA) is 55.8 Å². The van der Waals surface area contributed by atoms with Crippen molar-refractivity contribution in [3.63, 3.8) is 0 Å². The van der Waals surface area contributed by atoms with Gasteiger partial charge in [-0.25, -0.2) is 0 Å². The predicted molar refractivity (Wildman–Crippen MR) is 108 cm³/mol. The molecule has 2 aliphatic rings. The summed E-state index contributed by atoms with van der Waals surface area (Å²) in [5.41, 5.74) is 1.23. The molecule has 2 aliphatic heterocycles. The largest absolute Gasteiger partial charge is 0.461 e. The van der Waals surface area contributed by atoms with Crippen LogP contribution in [0.4, 0.5) is 0 Å². The van der Waals surface area contributed by atoms with Crippen LogP contribution in [0.3, 0.4) is 0 Å². The number of hydrogen-bond donors (Lipinski definition) is 0. The summed E-state index contributed by atoms with van der Waals surface area (Å²) in [4.78, 5) is 26.6. The summed E-state index contributed by atoms with van der Waals surface area (Å²) in [6.07, 6.45) is 5.90. The zero-order valence-electron chi connectivity index (χ0n) is 17.1. The molecule has 0 saturated carbocycles. The number of fused-ring (bicyclic) bond motifs is 2. The third-order valence-corrected chi connectivity index (χ3v) is 5.89. The maximum Gasteiger partial charge on any atom is 0.306 e. The Balaban J connectivity index is 1.75. The molecule has 0 aromatic heterocycles. The number of nitrogens with zero attached hydrogens (tertiary/aromatic N) is 1. The Bertz CT molecular complexity index is 611. The number of hydrogen-bond acceptors (Lipinski definition) is 5. The summed E-state index contributed by atoms with van der Waals surface area (Å²) in [6.45, 7) is 4.78. The second kappa shape index (κ2) is 10.1. The van der Waals surface area contributed by atoms with Crippen molar-refractivity contribution in [3.05, 3.63) is 35.9 Å². The van der Waals surface area contributed by atoms with E-state index in [1.54, 1.807) is 0 Å². The van der Waals surface area contributed by atoms with Crippen LogP contribution in [-0.2, 0) is 25.6 Å². The molecule has 1 aromatic carbocycles. The van der Waals surface area contributed by atoms with Crippen LogP contribution in [0.1, 0.15) is 70.8 Å². The van der Waals surface area contributed by atoms with Gasteiger partial charge in [-0.1, -0.05) is 44.2 Å². The third-order valence-electron chi connectivity index (χ3n) is 5.89. The number of piperidine rings is 2. The molecule has 0 spiro atoms. The molecular formula is C23H33NO4. The fourth-order valence-electron chi connectivity index (χ4n) is 4.60. The highest BCUT2D eigenvalue weighted by Crippen LogP contribution is 2.38. The monoisotopic (exact) mass is 387 g/mol. The molecular weight excluding hydrogens is 354 g/mol. The van der Waals surface area contributed by atoms with Gasteiger partial charge in [0.25, 0.3) is 0 Å². The van der Waals surface area contributed by atoms with E-state index in [-0.39, 0.29) is 36.2 Å². The molecule has 154 valence electrons. The van der Waals surface area contributed by atoms with Crippen molar-refractivity contribution in [2.24, 2.45) is 0 Å². The van der Waals surface area contributed by atoms with Gasteiger partial charge in [0.05, 0.1) is 0 Å². The SMILES string of the molecule is CCCC(=O)OC1CCC2C(OC(=O)CCC)CCC1N2Cc1ccccc1. The number of ether oxygens (including phenoxy) is 2. The Morgan fingerprint density at radius 3 is 1.82 bits per heavy atom. The highest BCUT2D eigenvalue weighted by Gasteiger charge is 2.46. The number of rotatable bonds is 8. The Labute approximate surface area is 168 Å². The first-order valence-corrected chi connectivity index (χ1v) is 10.8. The summed E-state index contributed by atoms with van der Waals surface area (Å²) in [5, 5.41) is 0. The van der Waals surface area contributed by atoms with Crippen LogP contribution >= 0.6 is 0 Å². The number of benzene rings is 1. The van der Waals surface area contributed by atoms with Gasteiger partial charge in [-0.2, -0.15) is 0 Å². The summed E-state index contributed by atoms with van der Waals surface area (Å²) < 4.78 is 11.7. The van der Waals surface area contributed by atoms with Gasteiger partial charge >= 0.3 is 11.9 Å². The van der Waals surface area contributed by atoms with Gasteiger partial charge in [-0.05, 0) is 44.1 Å². The molecule has 2 saturated heterocycles. The Morgan fingerprint density at radius 2 is 1.36 bits per heavy atom. The summed E-state index contributed by atoms with van der Waals surface area (Å²) >= 11 is 0. The van der Waals surface area contributed by atoms with E-state index in [2.05, 4.69) is 17.0 Å². The summed E-state index contributed by atoms with van der Waals surface area (Å²) in [6, 6.07) is 10.8. The molecule has 1 aromatic rings. The molecule has 5 nitrogen and oxygen atoms in total. The minimum atomic E-state index is -0.0953. The molecule has 3 rings (SSSR count). The number of esters is 2. The summed E-state index contributed by atoms with van der Waals surface area (Å²) in [7, 11) is 0. The highest BCUT2D eigenvalue weighted by molar-refractivity contribution is 5.70. The minimum Gasteiger partial charge on any atom is -0.461 e. The van der Waals surface area contributed by atoms with Crippen LogP contribution in [0.15, 0.2) is 30.3 Å². The smallest absolute Gasteiger partial charge is 0.306 e. The lowest BCUT2D eigenvalue weighted by Gasteiger charge is -2.52. The second-order valence-electron chi connectivity index (χ2n) is 8.00. The lowest BCUT2D eigenvalue weighted by atomic mass is 9.80. The van der Waals surface area contributed by atoms with E-state index in [1.165, 1.54) is 5.56 Å². The molecule has 0 aliphatic carbocycles. The van der Waals surface area contributed by atoms with E-state index in [9.17, 15) is 9.59 Å². The van der Waals surface area contributed by atoms with Crippen molar-refractivity contribution >= 4 is 11.9 Å². The van der Waals surface area contributed by atoms with Crippen molar-refractivity contribution < 1.29 is 19.1 Å². The number of carbonyl (C=O) groups excluding carboxylic acids is 2. The van der Waals surface area contributed by atoms with Gasteiger partial charge in [-0.3, -0.25) is 14.5 Å². The Morgan fingerprint density at radius 1 is 0.857 bits per heavy atom. The quantitative estimate of drug-likeness (QED) is 0.625. The van der Waals surface area contributed by atoms with Crippen LogP contribution in [0.2, 0.25) is 0 Å². The molecule has 0 N–H and O–H groups in total. The van der Waals surface area contributed by atoms with Gasteiger partial charge in [0.1, 0.15) is 12.2 Å². The van der Waals surface area contributed by atoms with Crippen LogP contribution < -0.4 is 0 Å². The zero-order valence-corrected chi connectivity index (χ0v) is 17.1. The van der Waals surface area contributed by atoms with Crippen LogP contribution in [0.5, 0.6) is 0 Å². The fraction of sp³-hybridized carbons (Fsp3) is 0.652. The molecule has 2 bridgehead atoms. The van der Waals surface area contributed by atoms with Gasteiger partial charge in [0.15, 0.2) is 0 Å². The lowest BCUT2D eigenvalue weighted by Crippen LogP contribution is -2.61. The van der Waals surface area contributed by atoms with Gasteiger partial charge < -0.3 is 9.47 Å². The molecule has 4 atom stereocenters. The van der Waals surface area contributed by atoms with Gasteiger partial charge in [0, 0.05) is 31.5 Å². The fourth-order valence-corrected chi connectivity index (χ4v) is 4.60. The maximum atomic E-state index is 12.1. The molecule has 2 fully saturated rings. The van der Waals surface area contributed by atoms with E-state index in [4.69, 9.17) is 9.47 Å². The van der Waals surface area contributed by atoms with Gasteiger partial charge in [0.2, 0.25) is 0 Å². The second-order valence-corrected chi connectivity index (χ2v) is 8.00. The van der Waals surface area contributed by atoms with E-state index in [0.29, 0.717) is 12.8 Å². The highest BCUT2D eigenvalue weighted by atomic mass is 16.6. The van der Waals surface area contributed by atoms with E-state index >= 15 is 0 Å². The van der Waals surface area contributed by atoms with Crippen LogP contribution in [0.25, 0.3) is 0 Å². The predicted octanol–water partition coefficient (Wildman–Crippen LogP) is 4.24. The Kier molecular flexibility index (Phi) is 7.49. The van der Waals surface area contributed by atoms with Crippen molar-refractivity contribution in [3.8, 4) is 0 Å². The maximum absolute atomic E-state index is 12.1.